The monoisotopic (exact) mass is 100 g/mol. The normalized spacial score (nSPS) is 17.0. The minimum atomic E-state index is -0.571. The molecule has 1 N–H and O–H groups in total. The number of allylic oxidation sites excluding steroid dienone is 1. The molecule has 0 spiro atoms. The van der Waals surface area contributed by atoms with E-state index in [1.54, 1.807) is 0 Å². The third-order valence-corrected chi connectivity index (χ3v) is 0.499. The molecule has 0 aromatic heterocycles. The van der Waals surface area contributed by atoms with Crippen LogP contribution in [0.1, 0.15) is 0 Å². The van der Waals surface area contributed by atoms with E-state index < -0.39 is 5.97 Å². The van der Waals surface area contributed by atoms with Gasteiger partial charge >= 0.3 is 0 Å². The highest BCUT2D eigenvalue weighted by atomic mass is 19.1. The molecule has 0 unspecified atom stereocenters. The van der Waals surface area contributed by atoms with Gasteiger partial charge in [-0.05, 0) is 0 Å². The van der Waals surface area contributed by atoms with Crippen LogP contribution in [-0.4, -0.2) is 5.97 Å². The third kappa shape index (κ3) is 0.887. The molecule has 3 nitrogen and oxygen atoms in total. The zero-order chi connectivity index (χ0) is 5.11. The van der Waals surface area contributed by atoms with Crippen molar-refractivity contribution in [1.29, 1.82) is 0 Å². The molecule has 0 saturated heterocycles. The van der Waals surface area contributed by atoms with Gasteiger partial charge in [-0.3, -0.25) is 5.43 Å². The van der Waals surface area contributed by atoms with Crippen LogP contribution in [-0.2, 0) is 0 Å². The lowest BCUT2D eigenvalue weighted by Gasteiger charge is -1.95. The largest absolute Gasteiger partial charge is 0.267 e. The number of hydrogen-bond donors (Lipinski definition) is 1. The van der Waals surface area contributed by atoms with E-state index in [9.17, 15) is 4.39 Å². The molecule has 0 atom stereocenters. The Morgan fingerprint density at radius 3 is 2.86 bits per heavy atom. The Kier molecular flexibility index (Phi) is 0.934. The molecule has 0 saturated carbocycles. The summed E-state index contributed by atoms with van der Waals surface area (Å²) in [5.74, 6) is -0.571. The molecule has 1 heterocycles. The molecule has 4 heteroatoms. The Labute approximate surface area is 39.9 Å². The van der Waals surface area contributed by atoms with Gasteiger partial charge in [0.15, 0.2) is 0 Å². The van der Waals surface area contributed by atoms with Gasteiger partial charge in [0.05, 0.1) is 0 Å². The van der Waals surface area contributed by atoms with Crippen LogP contribution in [0.25, 0.3) is 0 Å². The van der Waals surface area contributed by atoms with Crippen molar-refractivity contribution in [3.05, 3.63) is 12.3 Å². The van der Waals surface area contributed by atoms with Crippen molar-refractivity contribution in [3.63, 3.8) is 0 Å². The first kappa shape index (κ1) is 4.11. The average Bonchev–Trinajstić information content (AvgIpc) is 1.69. The fraction of sp³-hybridized carbons (Fsp3) is 0. The van der Waals surface area contributed by atoms with Crippen molar-refractivity contribution < 1.29 is 4.39 Å². The predicted octanol–water partition coefficient (Wildman–Crippen LogP) is -0.0943. The van der Waals surface area contributed by atoms with Gasteiger partial charge in [-0.2, -0.15) is 4.39 Å². The molecule has 7 heavy (non-hydrogen) atoms. The molecule has 0 aliphatic carbocycles. The number of halogens is 1. The Morgan fingerprint density at radius 2 is 2.57 bits per heavy atom. The Hall–Kier alpha value is -1.06. The van der Waals surface area contributed by atoms with Gasteiger partial charge < -0.3 is 0 Å². The van der Waals surface area contributed by atoms with Gasteiger partial charge in [-0.15, -0.1) is 5.10 Å². The molecule has 0 amide bonds. The first-order valence-electron chi connectivity index (χ1n) is 1.75. The van der Waals surface area contributed by atoms with Crippen LogP contribution in [0.5, 0.6) is 0 Å². The molecule has 0 bridgehead atoms. The highest BCUT2D eigenvalue weighted by Gasteiger charge is 1.91. The fourth-order valence-corrected chi connectivity index (χ4v) is 0.249. The molecular weight excluding hydrogens is 97.1 g/mol. The second-order valence-corrected chi connectivity index (χ2v) is 0.985. The summed E-state index contributed by atoms with van der Waals surface area (Å²) in [6, 6.07) is 0. The van der Waals surface area contributed by atoms with Gasteiger partial charge in [-0.25, -0.2) is 0 Å². The second-order valence-electron chi connectivity index (χ2n) is 0.985. The van der Waals surface area contributed by atoms with Gasteiger partial charge in [0.25, 0.3) is 0 Å². The van der Waals surface area contributed by atoms with Gasteiger partial charge in [0, 0.05) is 12.3 Å². The van der Waals surface area contributed by atoms with E-state index in [2.05, 4.69) is 16.1 Å². The van der Waals surface area contributed by atoms with E-state index in [1.807, 2.05) is 0 Å². The van der Waals surface area contributed by atoms with Crippen molar-refractivity contribution in [3.8, 4) is 0 Å². The molecule has 37 valence electrons. The van der Waals surface area contributed by atoms with E-state index in [0.717, 1.165) is 0 Å². The molecule has 1 rings (SSSR count). The van der Waals surface area contributed by atoms with Crippen molar-refractivity contribution in [2.45, 2.75) is 0 Å². The zero-order valence-corrected chi connectivity index (χ0v) is 3.43. The average molecular weight is 100 g/mol. The number of rotatable bonds is 0. The minimum absolute atomic E-state index is 0.571. The van der Waals surface area contributed by atoms with E-state index in [-0.39, 0.29) is 0 Å². The lowest BCUT2D eigenvalue weighted by atomic mass is 10.6. The SMILES string of the molecule is FC1=N[N]NC=C1. The van der Waals surface area contributed by atoms with Crippen LogP contribution in [0.15, 0.2) is 17.4 Å². The molecule has 0 aromatic rings. The maximum absolute atomic E-state index is 11.7. The molecule has 0 aromatic carbocycles. The molecule has 1 radical (unpaired) electrons. The molecular formula is C3H3FN3. The predicted molar refractivity (Wildman–Crippen MR) is 23.0 cm³/mol. The minimum Gasteiger partial charge on any atom is -0.267 e. The van der Waals surface area contributed by atoms with Gasteiger partial charge in [0.2, 0.25) is 5.97 Å². The van der Waals surface area contributed by atoms with Crippen LogP contribution in [0.3, 0.4) is 0 Å². The topological polar surface area (TPSA) is 38.5 Å². The second kappa shape index (κ2) is 1.59. The van der Waals surface area contributed by atoms with Crippen LogP contribution < -0.4 is 11.0 Å². The summed E-state index contributed by atoms with van der Waals surface area (Å²) in [6.07, 6.45) is 2.55. The van der Waals surface area contributed by atoms with Crippen molar-refractivity contribution >= 4 is 5.97 Å². The Balaban J connectivity index is 2.58. The summed E-state index contributed by atoms with van der Waals surface area (Å²) in [7, 11) is 0. The lowest BCUT2D eigenvalue weighted by Crippen LogP contribution is -2.17. The molecule has 0 fully saturated rings. The van der Waals surface area contributed by atoms with Crippen LogP contribution >= 0.6 is 0 Å². The lowest BCUT2D eigenvalue weighted by molar-refractivity contribution is 0.616. The summed E-state index contributed by atoms with van der Waals surface area (Å²) >= 11 is 0. The Morgan fingerprint density at radius 1 is 1.71 bits per heavy atom. The van der Waals surface area contributed by atoms with Crippen molar-refractivity contribution in [2.75, 3.05) is 0 Å². The number of hydrogen-bond acceptors (Lipinski definition) is 2. The summed E-state index contributed by atoms with van der Waals surface area (Å²) in [4.78, 5) is 0. The van der Waals surface area contributed by atoms with Crippen molar-refractivity contribution in [2.24, 2.45) is 5.10 Å². The smallest absolute Gasteiger partial charge is 0.236 e. The van der Waals surface area contributed by atoms with Crippen LogP contribution in [0.4, 0.5) is 4.39 Å². The summed E-state index contributed by atoms with van der Waals surface area (Å²) < 4.78 is 11.7. The van der Waals surface area contributed by atoms with Gasteiger partial charge in [-0.1, -0.05) is 5.53 Å². The summed E-state index contributed by atoms with van der Waals surface area (Å²) in [5, 5.41) is 3.01. The number of nitrogens with zero attached hydrogens (tertiary/aromatic N) is 2. The highest BCUT2D eigenvalue weighted by molar-refractivity contribution is 5.86. The third-order valence-electron chi connectivity index (χ3n) is 0.499. The summed E-state index contributed by atoms with van der Waals surface area (Å²) in [5.41, 5.74) is 5.47. The van der Waals surface area contributed by atoms with E-state index in [0.29, 0.717) is 0 Å². The standard InChI is InChI=1S/C3H3FN3/c4-3-1-2-5-7-6-3/h1-2,5H. The summed E-state index contributed by atoms with van der Waals surface area (Å²) in [6.45, 7) is 0. The van der Waals surface area contributed by atoms with E-state index in [4.69, 9.17) is 0 Å². The number of nitrogens with one attached hydrogen (secondary N) is 1. The van der Waals surface area contributed by atoms with Crippen molar-refractivity contribution in [1.82, 2.24) is 11.0 Å². The van der Waals surface area contributed by atoms with E-state index in [1.165, 1.54) is 12.3 Å². The fourth-order valence-electron chi connectivity index (χ4n) is 0.249. The van der Waals surface area contributed by atoms with Gasteiger partial charge in [0.1, 0.15) is 0 Å². The zero-order valence-electron chi connectivity index (χ0n) is 3.43. The van der Waals surface area contributed by atoms with Crippen LogP contribution in [0.2, 0.25) is 0 Å². The first-order chi connectivity index (χ1) is 3.39. The quantitative estimate of drug-likeness (QED) is 0.453. The van der Waals surface area contributed by atoms with Crippen LogP contribution in [0, 0.1) is 0 Å². The Bertz CT molecular complexity index is 117. The first-order valence-corrected chi connectivity index (χ1v) is 1.75. The van der Waals surface area contributed by atoms with E-state index >= 15 is 0 Å². The maximum Gasteiger partial charge on any atom is 0.236 e. The molecule has 1 aliphatic rings. The molecule has 1 aliphatic heterocycles. The maximum atomic E-state index is 11.7. The highest BCUT2D eigenvalue weighted by Crippen LogP contribution is 1.83.